The summed E-state index contributed by atoms with van der Waals surface area (Å²) in [6.45, 7) is 3.81. The van der Waals surface area contributed by atoms with Crippen LogP contribution in [0.4, 0.5) is 0 Å². The first-order chi connectivity index (χ1) is 11.6. The molecule has 1 aliphatic rings. The van der Waals surface area contributed by atoms with Gasteiger partial charge in [0.15, 0.2) is 5.78 Å². The molecule has 3 heteroatoms. The Morgan fingerprint density at radius 3 is 2.38 bits per heavy atom. The zero-order valence-electron chi connectivity index (χ0n) is 14.6. The topological polar surface area (TPSA) is 30.0 Å². The van der Waals surface area contributed by atoms with Crippen LogP contribution in [0, 0.1) is 5.92 Å². The summed E-state index contributed by atoms with van der Waals surface area (Å²) < 4.78 is 0. The molecule has 128 valence electrons. The van der Waals surface area contributed by atoms with Crippen molar-refractivity contribution in [1.82, 2.24) is 4.98 Å². The third-order valence-corrected chi connectivity index (χ3v) is 4.89. The van der Waals surface area contributed by atoms with Crippen LogP contribution in [0.5, 0.6) is 0 Å². The summed E-state index contributed by atoms with van der Waals surface area (Å²) in [7, 11) is 0. The summed E-state index contributed by atoms with van der Waals surface area (Å²) in [5, 5.41) is 0.635. The SMILES string of the molecule is CC(=O)c1cccc(-c2ccccc2Cl)n1.CCC1CCCCC1. The molecule has 0 radical (unpaired) electrons. The molecule has 0 bridgehead atoms. The van der Waals surface area contributed by atoms with E-state index in [2.05, 4.69) is 11.9 Å². The number of carbonyl (C=O) groups is 1. The standard InChI is InChI=1S/C13H10ClNO.C8H16/c1-9(16)12-7-4-8-13(15-12)10-5-2-3-6-11(10)14;1-2-8-6-4-3-5-7-8/h2-8H,1H3;8H,2-7H2,1H3. The lowest BCUT2D eigenvalue weighted by Crippen LogP contribution is -2.03. The number of rotatable bonds is 3. The molecule has 3 rings (SSSR count). The Balaban J connectivity index is 0.000000219. The summed E-state index contributed by atoms with van der Waals surface area (Å²) >= 11 is 6.07. The molecule has 0 unspecified atom stereocenters. The lowest BCUT2D eigenvalue weighted by atomic mass is 9.88. The zero-order chi connectivity index (χ0) is 17.4. The lowest BCUT2D eigenvalue weighted by molar-refractivity contribution is 0.101. The minimum Gasteiger partial charge on any atom is -0.293 e. The van der Waals surface area contributed by atoms with Crippen molar-refractivity contribution in [1.29, 1.82) is 0 Å². The lowest BCUT2D eigenvalue weighted by Gasteiger charge is -2.18. The fraction of sp³-hybridized carbons (Fsp3) is 0.429. The van der Waals surface area contributed by atoms with Crippen LogP contribution in [0.25, 0.3) is 11.3 Å². The van der Waals surface area contributed by atoms with Crippen LogP contribution in [-0.2, 0) is 0 Å². The van der Waals surface area contributed by atoms with Gasteiger partial charge in [-0.15, -0.1) is 0 Å². The van der Waals surface area contributed by atoms with E-state index in [0.717, 1.165) is 17.2 Å². The smallest absolute Gasteiger partial charge is 0.178 e. The second-order valence-electron chi connectivity index (χ2n) is 6.36. The Morgan fingerprint density at radius 2 is 1.79 bits per heavy atom. The average Bonchev–Trinajstić information content (AvgIpc) is 2.63. The number of aromatic nitrogens is 1. The van der Waals surface area contributed by atoms with Gasteiger partial charge in [0.1, 0.15) is 5.69 Å². The molecule has 24 heavy (non-hydrogen) atoms. The summed E-state index contributed by atoms with van der Waals surface area (Å²) in [4.78, 5) is 15.5. The highest BCUT2D eigenvalue weighted by molar-refractivity contribution is 6.33. The molecule has 1 aromatic heterocycles. The molecule has 2 nitrogen and oxygen atoms in total. The summed E-state index contributed by atoms with van der Waals surface area (Å²) in [5.41, 5.74) is 2.02. The quantitative estimate of drug-likeness (QED) is 0.589. The van der Waals surface area contributed by atoms with Crippen molar-refractivity contribution < 1.29 is 4.79 Å². The Labute approximate surface area is 150 Å². The van der Waals surface area contributed by atoms with Gasteiger partial charge in [-0.05, 0) is 24.1 Å². The highest BCUT2D eigenvalue weighted by Gasteiger charge is 2.09. The number of carbonyl (C=O) groups excluding carboxylic acids is 1. The number of halogens is 1. The van der Waals surface area contributed by atoms with Crippen LogP contribution in [0.1, 0.15) is 62.9 Å². The van der Waals surface area contributed by atoms with Gasteiger partial charge in [-0.1, -0.05) is 81.3 Å². The summed E-state index contributed by atoms with van der Waals surface area (Å²) in [5.74, 6) is 1.04. The Kier molecular flexibility index (Phi) is 7.45. The molecule has 1 heterocycles. The van der Waals surface area contributed by atoms with E-state index in [-0.39, 0.29) is 5.78 Å². The van der Waals surface area contributed by atoms with Gasteiger partial charge in [-0.2, -0.15) is 0 Å². The minimum atomic E-state index is -0.0473. The van der Waals surface area contributed by atoms with E-state index < -0.39 is 0 Å². The minimum absolute atomic E-state index is 0.0473. The first-order valence-corrected chi connectivity index (χ1v) is 9.22. The van der Waals surface area contributed by atoms with Gasteiger partial charge < -0.3 is 0 Å². The first-order valence-electron chi connectivity index (χ1n) is 8.84. The monoisotopic (exact) mass is 343 g/mol. The molecule has 0 amide bonds. The van der Waals surface area contributed by atoms with Gasteiger partial charge in [0.05, 0.1) is 5.69 Å². The molecule has 0 saturated heterocycles. The van der Waals surface area contributed by atoms with Crippen molar-refractivity contribution in [2.45, 2.75) is 52.4 Å². The number of benzene rings is 1. The maximum Gasteiger partial charge on any atom is 0.178 e. The van der Waals surface area contributed by atoms with Crippen molar-refractivity contribution in [3.05, 3.63) is 53.2 Å². The molecule has 1 aliphatic carbocycles. The average molecular weight is 344 g/mol. The predicted octanol–water partition coefficient (Wildman–Crippen LogP) is 6.58. The highest BCUT2D eigenvalue weighted by Crippen LogP contribution is 2.26. The summed E-state index contributed by atoms with van der Waals surface area (Å²) in [6.07, 6.45) is 8.93. The van der Waals surface area contributed by atoms with Crippen LogP contribution in [0.2, 0.25) is 5.02 Å². The third kappa shape index (κ3) is 5.45. The van der Waals surface area contributed by atoms with Crippen LogP contribution >= 0.6 is 11.6 Å². The van der Waals surface area contributed by atoms with Gasteiger partial charge in [0.2, 0.25) is 0 Å². The molecule has 0 spiro atoms. The van der Waals surface area contributed by atoms with Crippen molar-refractivity contribution in [2.75, 3.05) is 0 Å². The Bertz CT molecular complexity index is 662. The second-order valence-corrected chi connectivity index (χ2v) is 6.76. The van der Waals surface area contributed by atoms with Crippen molar-refractivity contribution in [3.8, 4) is 11.3 Å². The van der Waals surface area contributed by atoms with Crippen LogP contribution in [0.3, 0.4) is 0 Å². The molecule has 0 N–H and O–H groups in total. The van der Waals surface area contributed by atoms with Gasteiger partial charge in [0.25, 0.3) is 0 Å². The van der Waals surface area contributed by atoms with Gasteiger partial charge in [-0.3, -0.25) is 4.79 Å². The number of Topliss-reactive ketones (excluding diaryl/α,β-unsaturated/α-hetero) is 1. The fourth-order valence-electron chi connectivity index (χ4n) is 3.05. The molecule has 0 atom stereocenters. The predicted molar refractivity (Wildman–Crippen MR) is 102 cm³/mol. The second kappa shape index (κ2) is 9.58. The zero-order valence-corrected chi connectivity index (χ0v) is 15.4. The highest BCUT2D eigenvalue weighted by atomic mass is 35.5. The maximum absolute atomic E-state index is 11.2. The normalized spacial score (nSPS) is 14.6. The van der Waals surface area contributed by atoms with E-state index >= 15 is 0 Å². The number of hydrogen-bond donors (Lipinski definition) is 0. The Morgan fingerprint density at radius 1 is 1.08 bits per heavy atom. The van der Waals surface area contributed by atoms with Crippen LogP contribution in [-0.4, -0.2) is 10.8 Å². The van der Waals surface area contributed by atoms with E-state index in [1.54, 1.807) is 12.1 Å². The van der Waals surface area contributed by atoms with E-state index in [9.17, 15) is 4.79 Å². The molecule has 1 aromatic carbocycles. The van der Waals surface area contributed by atoms with E-state index in [1.807, 2.05) is 30.3 Å². The number of hydrogen-bond acceptors (Lipinski definition) is 2. The third-order valence-electron chi connectivity index (χ3n) is 4.56. The maximum atomic E-state index is 11.2. The van der Waals surface area contributed by atoms with Crippen LogP contribution in [0.15, 0.2) is 42.5 Å². The largest absolute Gasteiger partial charge is 0.293 e. The number of nitrogens with zero attached hydrogens (tertiary/aromatic N) is 1. The van der Waals surface area contributed by atoms with Crippen molar-refractivity contribution >= 4 is 17.4 Å². The van der Waals surface area contributed by atoms with Crippen LogP contribution < -0.4 is 0 Å². The molecule has 2 aromatic rings. The van der Waals surface area contributed by atoms with Crippen molar-refractivity contribution in [2.24, 2.45) is 5.92 Å². The number of pyridine rings is 1. The van der Waals surface area contributed by atoms with Gasteiger partial charge >= 0.3 is 0 Å². The molecule has 1 saturated carbocycles. The molecular formula is C21H26ClNO. The molecule has 1 fully saturated rings. The van der Waals surface area contributed by atoms with Crippen molar-refractivity contribution in [3.63, 3.8) is 0 Å². The molecular weight excluding hydrogens is 318 g/mol. The number of ketones is 1. The fourth-order valence-corrected chi connectivity index (χ4v) is 3.28. The Hall–Kier alpha value is -1.67. The first kappa shape index (κ1) is 18.7. The van der Waals surface area contributed by atoms with E-state index in [0.29, 0.717) is 10.7 Å². The van der Waals surface area contributed by atoms with E-state index in [1.165, 1.54) is 45.4 Å². The molecule has 0 aliphatic heterocycles. The van der Waals surface area contributed by atoms with Gasteiger partial charge in [0, 0.05) is 17.5 Å². The summed E-state index contributed by atoms with van der Waals surface area (Å²) in [6, 6.07) is 12.8. The van der Waals surface area contributed by atoms with Gasteiger partial charge in [-0.25, -0.2) is 4.98 Å². The van der Waals surface area contributed by atoms with E-state index in [4.69, 9.17) is 11.6 Å².